The molecular formula is C16H32N2O2. The van der Waals surface area contributed by atoms with E-state index in [9.17, 15) is 0 Å². The zero-order chi connectivity index (χ0) is 14.2. The van der Waals surface area contributed by atoms with Gasteiger partial charge < -0.3 is 14.4 Å². The molecule has 2 aliphatic rings. The van der Waals surface area contributed by atoms with E-state index >= 15 is 0 Å². The Morgan fingerprint density at radius 2 is 1.80 bits per heavy atom. The highest BCUT2D eigenvalue weighted by Gasteiger charge is 2.18. The summed E-state index contributed by atoms with van der Waals surface area (Å²) in [6.45, 7) is 14.3. The van der Waals surface area contributed by atoms with Crippen LogP contribution in [-0.4, -0.2) is 75.0 Å². The molecule has 0 aromatic rings. The molecule has 0 aromatic carbocycles. The van der Waals surface area contributed by atoms with Crippen LogP contribution in [0.2, 0.25) is 0 Å². The number of piperazine rings is 1. The molecule has 2 fully saturated rings. The lowest BCUT2D eigenvalue weighted by atomic mass is 10.1. The van der Waals surface area contributed by atoms with Crippen LogP contribution in [0, 0.1) is 5.92 Å². The van der Waals surface area contributed by atoms with Gasteiger partial charge in [0.2, 0.25) is 0 Å². The van der Waals surface area contributed by atoms with E-state index in [1.807, 2.05) is 0 Å². The molecule has 0 radical (unpaired) electrons. The number of hydrogen-bond acceptors (Lipinski definition) is 4. The molecule has 4 heteroatoms. The van der Waals surface area contributed by atoms with Crippen molar-refractivity contribution in [2.75, 3.05) is 59.1 Å². The maximum absolute atomic E-state index is 5.75. The molecular weight excluding hydrogens is 252 g/mol. The van der Waals surface area contributed by atoms with Crippen LogP contribution in [0.3, 0.4) is 0 Å². The average Bonchev–Trinajstić information content (AvgIpc) is 2.96. The summed E-state index contributed by atoms with van der Waals surface area (Å²) in [7, 11) is 0. The van der Waals surface area contributed by atoms with Crippen molar-refractivity contribution >= 4 is 0 Å². The molecule has 2 rings (SSSR count). The van der Waals surface area contributed by atoms with Crippen LogP contribution >= 0.6 is 0 Å². The smallest absolute Gasteiger partial charge is 0.0809 e. The van der Waals surface area contributed by atoms with Crippen LogP contribution in [0.25, 0.3) is 0 Å². The third kappa shape index (κ3) is 6.08. The minimum atomic E-state index is 0.364. The van der Waals surface area contributed by atoms with Gasteiger partial charge in [0.05, 0.1) is 19.3 Å². The molecule has 2 saturated heterocycles. The van der Waals surface area contributed by atoms with Crippen molar-refractivity contribution < 1.29 is 9.47 Å². The van der Waals surface area contributed by atoms with Gasteiger partial charge in [0.1, 0.15) is 0 Å². The lowest BCUT2D eigenvalue weighted by molar-refractivity contribution is 0.00627. The third-order valence-corrected chi connectivity index (χ3v) is 4.37. The van der Waals surface area contributed by atoms with Crippen LogP contribution in [0.1, 0.15) is 33.1 Å². The Bertz CT molecular complexity index is 247. The summed E-state index contributed by atoms with van der Waals surface area (Å²) in [5.74, 6) is 0.819. The van der Waals surface area contributed by atoms with Gasteiger partial charge in [0.15, 0.2) is 0 Å². The zero-order valence-electron chi connectivity index (χ0n) is 13.4. The van der Waals surface area contributed by atoms with Crippen molar-refractivity contribution in [1.29, 1.82) is 0 Å². The van der Waals surface area contributed by atoms with Crippen LogP contribution in [0.15, 0.2) is 0 Å². The van der Waals surface area contributed by atoms with Crippen LogP contribution in [0.4, 0.5) is 0 Å². The monoisotopic (exact) mass is 284 g/mol. The van der Waals surface area contributed by atoms with Gasteiger partial charge in [-0.25, -0.2) is 0 Å². The molecule has 0 spiro atoms. The van der Waals surface area contributed by atoms with E-state index in [4.69, 9.17) is 9.47 Å². The molecule has 0 N–H and O–H groups in total. The minimum Gasteiger partial charge on any atom is -0.377 e. The van der Waals surface area contributed by atoms with Crippen molar-refractivity contribution in [1.82, 2.24) is 9.80 Å². The maximum atomic E-state index is 5.75. The highest BCUT2D eigenvalue weighted by atomic mass is 16.5. The molecule has 2 aliphatic heterocycles. The Morgan fingerprint density at radius 1 is 1.10 bits per heavy atom. The van der Waals surface area contributed by atoms with Crippen LogP contribution in [-0.2, 0) is 9.47 Å². The normalized spacial score (nSPS) is 25.6. The van der Waals surface area contributed by atoms with Gasteiger partial charge in [-0.15, -0.1) is 0 Å². The molecule has 0 aliphatic carbocycles. The molecule has 0 bridgehead atoms. The average molecular weight is 284 g/mol. The molecule has 0 unspecified atom stereocenters. The van der Waals surface area contributed by atoms with Crippen LogP contribution < -0.4 is 0 Å². The summed E-state index contributed by atoms with van der Waals surface area (Å²) in [6, 6.07) is 0. The fourth-order valence-corrected chi connectivity index (χ4v) is 2.86. The molecule has 2 heterocycles. The SMILES string of the molecule is CC(C)CCN1CCN(CCOC[C@H]2CCCO2)CC1. The summed E-state index contributed by atoms with van der Waals surface area (Å²) in [5, 5.41) is 0. The third-order valence-electron chi connectivity index (χ3n) is 4.37. The first kappa shape index (κ1) is 16.2. The van der Waals surface area contributed by atoms with Gasteiger partial charge in [0, 0.05) is 39.3 Å². The first-order chi connectivity index (χ1) is 9.74. The van der Waals surface area contributed by atoms with Crippen molar-refractivity contribution in [3.05, 3.63) is 0 Å². The topological polar surface area (TPSA) is 24.9 Å². The number of rotatable bonds is 8. The molecule has 4 nitrogen and oxygen atoms in total. The first-order valence-electron chi connectivity index (χ1n) is 8.38. The fraction of sp³-hybridized carbons (Fsp3) is 1.00. The van der Waals surface area contributed by atoms with Gasteiger partial charge in [-0.05, 0) is 31.7 Å². The quantitative estimate of drug-likeness (QED) is 0.635. The lowest BCUT2D eigenvalue weighted by Gasteiger charge is -2.34. The standard InChI is InChI=1S/C16H32N2O2/c1-15(2)5-6-17-7-9-18(10-8-17)11-13-19-14-16-4-3-12-20-16/h15-16H,3-14H2,1-2H3/t16-/m1/s1. The van der Waals surface area contributed by atoms with E-state index in [0.717, 1.165) is 32.3 Å². The summed E-state index contributed by atoms with van der Waals surface area (Å²) in [6.07, 6.45) is 4.06. The summed E-state index contributed by atoms with van der Waals surface area (Å²) >= 11 is 0. The van der Waals surface area contributed by atoms with Crippen molar-refractivity contribution in [3.63, 3.8) is 0 Å². The van der Waals surface area contributed by atoms with Crippen LogP contribution in [0.5, 0.6) is 0 Å². The lowest BCUT2D eigenvalue weighted by Crippen LogP contribution is -2.47. The second-order valence-electron chi connectivity index (χ2n) is 6.58. The summed E-state index contributed by atoms with van der Waals surface area (Å²) in [5.41, 5.74) is 0. The predicted molar refractivity (Wildman–Crippen MR) is 82.1 cm³/mol. The molecule has 0 aromatic heterocycles. The molecule has 0 saturated carbocycles. The molecule has 1 atom stereocenters. The Hall–Kier alpha value is -0.160. The van der Waals surface area contributed by atoms with E-state index in [2.05, 4.69) is 23.6 Å². The zero-order valence-corrected chi connectivity index (χ0v) is 13.4. The molecule has 0 amide bonds. The highest BCUT2D eigenvalue weighted by Crippen LogP contribution is 2.12. The predicted octanol–water partition coefficient (Wildman–Crippen LogP) is 1.85. The van der Waals surface area contributed by atoms with Crippen molar-refractivity contribution in [2.45, 2.75) is 39.2 Å². The van der Waals surface area contributed by atoms with E-state index in [-0.39, 0.29) is 0 Å². The second-order valence-corrected chi connectivity index (χ2v) is 6.58. The molecule has 118 valence electrons. The fourth-order valence-electron chi connectivity index (χ4n) is 2.86. The van der Waals surface area contributed by atoms with E-state index < -0.39 is 0 Å². The minimum absolute atomic E-state index is 0.364. The first-order valence-corrected chi connectivity index (χ1v) is 8.38. The number of nitrogens with zero attached hydrogens (tertiary/aromatic N) is 2. The highest BCUT2D eigenvalue weighted by molar-refractivity contribution is 4.72. The molecule has 20 heavy (non-hydrogen) atoms. The number of hydrogen-bond donors (Lipinski definition) is 0. The van der Waals surface area contributed by atoms with Gasteiger partial charge in [-0.3, -0.25) is 4.90 Å². The second kappa shape index (κ2) is 8.98. The van der Waals surface area contributed by atoms with E-state index in [1.165, 1.54) is 52.0 Å². The number of ether oxygens (including phenoxy) is 2. The van der Waals surface area contributed by atoms with E-state index in [0.29, 0.717) is 6.10 Å². The summed E-state index contributed by atoms with van der Waals surface area (Å²) in [4.78, 5) is 5.13. The van der Waals surface area contributed by atoms with Gasteiger partial charge in [-0.2, -0.15) is 0 Å². The Labute approximate surface area is 124 Å². The Balaban J connectivity index is 1.47. The van der Waals surface area contributed by atoms with Gasteiger partial charge in [-0.1, -0.05) is 13.8 Å². The largest absolute Gasteiger partial charge is 0.377 e. The van der Waals surface area contributed by atoms with E-state index in [1.54, 1.807) is 0 Å². The Kier molecular flexibility index (Phi) is 7.28. The van der Waals surface area contributed by atoms with Crippen molar-refractivity contribution in [2.24, 2.45) is 5.92 Å². The van der Waals surface area contributed by atoms with Crippen molar-refractivity contribution in [3.8, 4) is 0 Å². The van der Waals surface area contributed by atoms with Gasteiger partial charge in [0.25, 0.3) is 0 Å². The maximum Gasteiger partial charge on any atom is 0.0809 e. The van der Waals surface area contributed by atoms with Gasteiger partial charge >= 0.3 is 0 Å². The Morgan fingerprint density at radius 3 is 2.40 bits per heavy atom. The summed E-state index contributed by atoms with van der Waals surface area (Å²) < 4.78 is 11.3.